The van der Waals surface area contributed by atoms with Gasteiger partial charge in [-0.2, -0.15) is 5.26 Å². The maximum Gasteiger partial charge on any atom is 0.407 e. The number of ether oxygens (including phenoxy) is 1. The van der Waals surface area contributed by atoms with Crippen LogP contribution in [0.5, 0.6) is 0 Å². The summed E-state index contributed by atoms with van der Waals surface area (Å²) in [6, 6.07) is 3.89. The average molecular weight is 373 g/mol. The number of nitrogens with one attached hydrogen (secondary N) is 1. The molecule has 1 unspecified atom stereocenters. The molecule has 2 heterocycles. The Balaban J connectivity index is 1.82. The minimum absolute atomic E-state index is 0.0188. The second-order valence-corrected chi connectivity index (χ2v) is 8.67. The van der Waals surface area contributed by atoms with Gasteiger partial charge in [-0.15, -0.1) is 11.3 Å². The van der Waals surface area contributed by atoms with E-state index in [-0.39, 0.29) is 6.04 Å². The highest BCUT2D eigenvalue weighted by molar-refractivity contribution is 7.18. The van der Waals surface area contributed by atoms with Crippen LogP contribution >= 0.6 is 11.3 Å². The lowest BCUT2D eigenvalue weighted by Gasteiger charge is -2.23. The van der Waals surface area contributed by atoms with Crippen molar-refractivity contribution in [3.8, 4) is 6.07 Å². The highest BCUT2D eigenvalue weighted by atomic mass is 32.1. The van der Waals surface area contributed by atoms with Crippen molar-refractivity contribution in [1.82, 2.24) is 10.3 Å². The van der Waals surface area contributed by atoms with E-state index in [2.05, 4.69) is 21.3 Å². The third kappa shape index (κ3) is 3.68. The molecule has 1 saturated heterocycles. The van der Waals surface area contributed by atoms with Crippen molar-refractivity contribution in [2.75, 3.05) is 23.7 Å². The van der Waals surface area contributed by atoms with Crippen LogP contribution in [0, 0.1) is 18.3 Å². The topological polar surface area (TPSA) is 104 Å². The maximum atomic E-state index is 12.0. The zero-order valence-corrected chi connectivity index (χ0v) is 16.2. The number of nitrogens with two attached hydrogens (primary N) is 1. The summed E-state index contributed by atoms with van der Waals surface area (Å²) in [7, 11) is 0. The number of nitrogens with zero attached hydrogens (tertiary/aromatic N) is 3. The fraction of sp³-hybridized carbons (Fsp3) is 0.500. The Labute approximate surface area is 156 Å². The Bertz CT molecular complexity index is 894. The average Bonchev–Trinajstić information content (AvgIpc) is 3.10. The predicted molar refractivity (Wildman–Crippen MR) is 103 cm³/mol. The molecule has 26 heavy (non-hydrogen) atoms. The summed E-state index contributed by atoms with van der Waals surface area (Å²) < 4.78 is 6.19. The lowest BCUT2D eigenvalue weighted by molar-refractivity contribution is 0.0509. The second-order valence-electron chi connectivity index (χ2n) is 7.46. The fourth-order valence-corrected chi connectivity index (χ4v) is 4.05. The summed E-state index contributed by atoms with van der Waals surface area (Å²) in [5.41, 5.74) is 8.42. The normalized spacial score (nSPS) is 17.3. The number of alkyl carbamates (subject to hydrolysis) is 1. The van der Waals surface area contributed by atoms with E-state index in [9.17, 15) is 10.1 Å². The molecule has 0 spiro atoms. The molecule has 0 radical (unpaired) electrons. The SMILES string of the molecule is Cc1nc2c(N3CCC(NC(=O)OC(C)(C)C)C3)c(N)cc(C#N)c2s1. The van der Waals surface area contributed by atoms with Crippen LogP contribution in [0.15, 0.2) is 6.07 Å². The molecular weight excluding hydrogens is 350 g/mol. The third-order valence-electron chi connectivity index (χ3n) is 4.12. The number of aryl methyl sites for hydroxylation is 1. The van der Waals surface area contributed by atoms with Gasteiger partial charge in [0.15, 0.2) is 0 Å². The standard InChI is InChI=1S/C18H23N5O2S/c1-10-21-14-15(13(20)7-11(8-19)16(14)26-10)23-6-5-12(9-23)22-17(24)25-18(2,3)4/h7,12H,5-6,9,20H2,1-4H3,(H,22,24). The number of carbonyl (C=O) groups is 1. The van der Waals surface area contributed by atoms with Crippen LogP contribution < -0.4 is 16.0 Å². The third-order valence-corrected chi connectivity index (χ3v) is 5.13. The van der Waals surface area contributed by atoms with Crippen molar-refractivity contribution in [2.24, 2.45) is 0 Å². The predicted octanol–water partition coefficient (Wildman–Crippen LogP) is 3.16. The summed E-state index contributed by atoms with van der Waals surface area (Å²) in [5, 5.41) is 13.2. The number of anilines is 2. The van der Waals surface area contributed by atoms with Crippen molar-refractivity contribution < 1.29 is 9.53 Å². The maximum absolute atomic E-state index is 12.0. The molecule has 8 heteroatoms. The quantitative estimate of drug-likeness (QED) is 0.784. The Hall–Kier alpha value is -2.53. The molecule has 0 bridgehead atoms. The molecule has 0 aliphatic carbocycles. The van der Waals surface area contributed by atoms with Crippen molar-refractivity contribution >= 4 is 39.0 Å². The van der Waals surface area contributed by atoms with E-state index in [0.717, 1.165) is 33.9 Å². The van der Waals surface area contributed by atoms with Crippen LogP contribution in [0.3, 0.4) is 0 Å². The number of nitriles is 1. The molecule has 1 amide bonds. The van der Waals surface area contributed by atoms with Crippen LogP contribution in [-0.2, 0) is 4.74 Å². The number of hydrogen-bond donors (Lipinski definition) is 2. The first-order valence-electron chi connectivity index (χ1n) is 8.52. The number of rotatable bonds is 2. The van der Waals surface area contributed by atoms with Crippen LogP contribution in [0.1, 0.15) is 37.8 Å². The molecule has 2 aromatic rings. The minimum Gasteiger partial charge on any atom is -0.444 e. The molecule has 3 N–H and O–H groups in total. The van der Waals surface area contributed by atoms with E-state index >= 15 is 0 Å². The number of thiazole rings is 1. The van der Waals surface area contributed by atoms with Gasteiger partial charge in [0, 0.05) is 13.1 Å². The first-order chi connectivity index (χ1) is 12.2. The highest BCUT2D eigenvalue weighted by Gasteiger charge is 2.29. The van der Waals surface area contributed by atoms with E-state index in [0.29, 0.717) is 17.8 Å². The van der Waals surface area contributed by atoms with Gasteiger partial charge in [0.25, 0.3) is 0 Å². The van der Waals surface area contributed by atoms with Crippen LogP contribution in [-0.4, -0.2) is 35.8 Å². The summed E-state index contributed by atoms with van der Waals surface area (Å²) in [4.78, 5) is 18.7. The summed E-state index contributed by atoms with van der Waals surface area (Å²) in [5.74, 6) is 0. The number of benzene rings is 1. The number of carbonyl (C=O) groups excluding carboxylic acids is 1. The van der Waals surface area contributed by atoms with Gasteiger partial charge in [0.05, 0.1) is 32.7 Å². The molecule has 7 nitrogen and oxygen atoms in total. The number of nitrogen functional groups attached to an aromatic ring is 1. The van der Waals surface area contributed by atoms with Gasteiger partial charge in [0.1, 0.15) is 17.2 Å². The van der Waals surface area contributed by atoms with Crippen molar-refractivity contribution in [3.63, 3.8) is 0 Å². The molecule has 1 aliphatic heterocycles. The van der Waals surface area contributed by atoms with Gasteiger partial charge in [-0.05, 0) is 40.2 Å². The molecule has 138 valence electrons. The Morgan fingerprint density at radius 3 is 2.92 bits per heavy atom. The van der Waals surface area contributed by atoms with E-state index in [1.807, 2.05) is 27.7 Å². The number of hydrogen-bond acceptors (Lipinski definition) is 7. The molecule has 0 saturated carbocycles. The molecule has 3 rings (SSSR count). The first-order valence-corrected chi connectivity index (χ1v) is 9.34. The number of aromatic nitrogens is 1. The summed E-state index contributed by atoms with van der Waals surface area (Å²) >= 11 is 1.50. The van der Waals surface area contributed by atoms with Gasteiger partial charge < -0.3 is 20.7 Å². The van der Waals surface area contributed by atoms with Gasteiger partial charge in [-0.25, -0.2) is 9.78 Å². The van der Waals surface area contributed by atoms with E-state index in [4.69, 9.17) is 10.5 Å². The van der Waals surface area contributed by atoms with Crippen LogP contribution in [0.25, 0.3) is 10.2 Å². The molecule has 1 fully saturated rings. The van der Waals surface area contributed by atoms with Gasteiger partial charge >= 0.3 is 6.09 Å². The molecule has 1 atom stereocenters. The largest absolute Gasteiger partial charge is 0.444 e. The van der Waals surface area contributed by atoms with Crippen molar-refractivity contribution in [3.05, 3.63) is 16.6 Å². The summed E-state index contributed by atoms with van der Waals surface area (Å²) in [6.07, 6.45) is 0.385. The number of amides is 1. The van der Waals surface area contributed by atoms with Crippen molar-refractivity contribution in [2.45, 2.75) is 45.8 Å². The Kier molecular flexibility index (Phi) is 4.67. The van der Waals surface area contributed by atoms with Gasteiger partial charge in [-0.3, -0.25) is 0 Å². The van der Waals surface area contributed by atoms with Gasteiger partial charge in [-0.1, -0.05) is 0 Å². The van der Waals surface area contributed by atoms with Crippen LogP contribution in [0.2, 0.25) is 0 Å². The van der Waals surface area contributed by atoms with Crippen LogP contribution in [0.4, 0.5) is 16.2 Å². The first kappa shape index (κ1) is 18.3. The molecular formula is C18H23N5O2S. The Morgan fingerprint density at radius 1 is 1.54 bits per heavy atom. The zero-order valence-electron chi connectivity index (χ0n) is 15.4. The summed E-state index contributed by atoms with van der Waals surface area (Å²) in [6.45, 7) is 8.82. The fourth-order valence-electron chi connectivity index (χ4n) is 3.17. The highest BCUT2D eigenvalue weighted by Crippen LogP contribution is 2.39. The second kappa shape index (κ2) is 6.65. The molecule has 1 aromatic heterocycles. The minimum atomic E-state index is -0.524. The molecule has 1 aromatic carbocycles. The Morgan fingerprint density at radius 2 is 2.27 bits per heavy atom. The van der Waals surface area contributed by atoms with Gasteiger partial charge in [0.2, 0.25) is 0 Å². The van der Waals surface area contributed by atoms with E-state index in [1.54, 1.807) is 6.07 Å². The van der Waals surface area contributed by atoms with E-state index in [1.165, 1.54) is 11.3 Å². The molecule has 1 aliphatic rings. The zero-order chi connectivity index (χ0) is 19.1. The smallest absolute Gasteiger partial charge is 0.407 e. The van der Waals surface area contributed by atoms with Crippen molar-refractivity contribution in [1.29, 1.82) is 5.26 Å². The lowest BCUT2D eigenvalue weighted by Crippen LogP contribution is -2.40. The monoisotopic (exact) mass is 373 g/mol. The van der Waals surface area contributed by atoms with E-state index < -0.39 is 11.7 Å². The lowest BCUT2D eigenvalue weighted by atomic mass is 10.1. The number of fused-ring (bicyclic) bond motifs is 1.